The average Bonchev–Trinajstić information content (AvgIpc) is 2.54. The number of ether oxygens (including phenoxy) is 2. The number of hydrogen-bond acceptors (Lipinski definition) is 4. The van der Waals surface area contributed by atoms with E-state index in [0.717, 1.165) is 4.47 Å². The van der Waals surface area contributed by atoms with Gasteiger partial charge in [-0.1, -0.05) is 22.0 Å². The van der Waals surface area contributed by atoms with Gasteiger partial charge in [-0.2, -0.15) is 5.10 Å². The molecule has 0 heterocycles. The van der Waals surface area contributed by atoms with Gasteiger partial charge in [0.25, 0.3) is 5.91 Å². The van der Waals surface area contributed by atoms with E-state index in [0.29, 0.717) is 22.6 Å². The molecule has 22 heavy (non-hydrogen) atoms. The third kappa shape index (κ3) is 4.08. The molecule has 5 nitrogen and oxygen atoms in total. The molecule has 2 aromatic carbocycles. The zero-order chi connectivity index (χ0) is 15.9. The van der Waals surface area contributed by atoms with Crippen LogP contribution >= 0.6 is 15.9 Å². The minimum absolute atomic E-state index is 0.292. The van der Waals surface area contributed by atoms with E-state index in [1.54, 1.807) is 50.6 Å². The standard InChI is InChI=1S/C16H15BrN2O3/c1-21-14-6-7-15(22-2)12(9-14)10-18-19-16(20)11-4-3-5-13(17)8-11/h3-10H,1-2H3,(H,19,20). The quantitative estimate of drug-likeness (QED) is 0.656. The normalized spacial score (nSPS) is 10.5. The Morgan fingerprint density at radius 3 is 2.68 bits per heavy atom. The fourth-order valence-electron chi connectivity index (χ4n) is 1.80. The van der Waals surface area contributed by atoms with Crippen molar-refractivity contribution in [2.45, 2.75) is 0 Å². The summed E-state index contributed by atoms with van der Waals surface area (Å²) in [6, 6.07) is 12.4. The molecule has 1 N–H and O–H groups in total. The van der Waals surface area contributed by atoms with E-state index in [1.165, 1.54) is 6.21 Å². The molecule has 2 rings (SSSR count). The second-order valence-electron chi connectivity index (χ2n) is 4.32. The fraction of sp³-hybridized carbons (Fsp3) is 0.125. The number of benzene rings is 2. The van der Waals surface area contributed by atoms with Crippen LogP contribution in [0, 0.1) is 0 Å². The van der Waals surface area contributed by atoms with Gasteiger partial charge in [-0.05, 0) is 36.4 Å². The molecule has 0 atom stereocenters. The topological polar surface area (TPSA) is 59.9 Å². The molecule has 0 unspecified atom stereocenters. The van der Waals surface area contributed by atoms with Crippen molar-refractivity contribution in [3.05, 3.63) is 58.1 Å². The van der Waals surface area contributed by atoms with Crippen LogP contribution in [0.2, 0.25) is 0 Å². The van der Waals surface area contributed by atoms with Crippen molar-refractivity contribution >= 4 is 28.1 Å². The number of halogens is 1. The third-order valence-electron chi connectivity index (χ3n) is 2.89. The molecule has 2 aromatic rings. The van der Waals surface area contributed by atoms with Crippen molar-refractivity contribution in [1.29, 1.82) is 0 Å². The maximum Gasteiger partial charge on any atom is 0.271 e. The first-order valence-corrected chi connectivity index (χ1v) is 7.24. The van der Waals surface area contributed by atoms with Gasteiger partial charge >= 0.3 is 0 Å². The van der Waals surface area contributed by atoms with Gasteiger partial charge in [-0.3, -0.25) is 4.79 Å². The minimum Gasteiger partial charge on any atom is -0.497 e. The van der Waals surface area contributed by atoms with Gasteiger partial charge < -0.3 is 9.47 Å². The number of carbonyl (C=O) groups is 1. The monoisotopic (exact) mass is 362 g/mol. The first-order valence-electron chi connectivity index (χ1n) is 6.45. The number of carbonyl (C=O) groups excluding carboxylic acids is 1. The summed E-state index contributed by atoms with van der Waals surface area (Å²) < 4.78 is 11.2. The van der Waals surface area contributed by atoms with Crippen molar-refractivity contribution in [3.8, 4) is 11.5 Å². The summed E-state index contributed by atoms with van der Waals surface area (Å²) in [5.74, 6) is 1.03. The third-order valence-corrected chi connectivity index (χ3v) is 3.39. The molecular formula is C16H15BrN2O3. The van der Waals surface area contributed by atoms with Crippen molar-refractivity contribution in [2.24, 2.45) is 5.10 Å². The number of hydrazone groups is 1. The van der Waals surface area contributed by atoms with Gasteiger partial charge in [0.05, 0.1) is 20.4 Å². The first-order chi connectivity index (χ1) is 10.6. The summed E-state index contributed by atoms with van der Waals surface area (Å²) in [4.78, 5) is 12.0. The lowest BCUT2D eigenvalue weighted by Crippen LogP contribution is -2.17. The first kappa shape index (κ1) is 16.0. The largest absolute Gasteiger partial charge is 0.497 e. The molecule has 0 saturated heterocycles. The summed E-state index contributed by atoms with van der Waals surface area (Å²) in [5, 5.41) is 3.96. The van der Waals surface area contributed by atoms with Gasteiger partial charge in [0.2, 0.25) is 0 Å². The maximum atomic E-state index is 12.0. The maximum absolute atomic E-state index is 12.0. The molecule has 1 amide bonds. The molecule has 0 radical (unpaired) electrons. The highest BCUT2D eigenvalue weighted by molar-refractivity contribution is 9.10. The number of rotatable bonds is 5. The van der Waals surface area contributed by atoms with E-state index in [4.69, 9.17) is 9.47 Å². The molecule has 0 bridgehead atoms. The van der Waals surface area contributed by atoms with Crippen LogP contribution in [0.3, 0.4) is 0 Å². The van der Waals surface area contributed by atoms with E-state index in [2.05, 4.69) is 26.5 Å². The number of hydrogen-bond donors (Lipinski definition) is 1. The second-order valence-corrected chi connectivity index (χ2v) is 5.23. The number of nitrogens with zero attached hydrogens (tertiary/aromatic N) is 1. The van der Waals surface area contributed by atoms with Crippen LogP contribution in [0.25, 0.3) is 0 Å². The second kappa shape index (κ2) is 7.61. The molecule has 0 spiro atoms. The minimum atomic E-state index is -0.292. The fourth-order valence-corrected chi connectivity index (χ4v) is 2.19. The Hall–Kier alpha value is -2.34. The van der Waals surface area contributed by atoms with Gasteiger partial charge in [-0.25, -0.2) is 5.43 Å². The molecule has 0 aliphatic rings. The molecule has 0 aliphatic heterocycles. The highest BCUT2D eigenvalue weighted by Crippen LogP contribution is 2.22. The average molecular weight is 363 g/mol. The molecule has 0 aromatic heterocycles. The highest BCUT2D eigenvalue weighted by atomic mass is 79.9. The van der Waals surface area contributed by atoms with Crippen molar-refractivity contribution in [3.63, 3.8) is 0 Å². The predicted octanol–water partition coefficient (Wildman–Crippen LogP) is 3.23. The van der Waals surface area contributed by atoms with Crippen LogP contribution in [0.1, 0.15) is 15.9 Å². The molecular weight excluding hydrogens is 348 g/mol. The predicted molar refractivity (Wildman–Crippen MR) is 88.7 cm³/mol. The number of methoxy groups -OCH3 is 2. The Kier molecular flexibility index (Phi) is 5.55. The summed E-state index contributed by atoms with van der Waals surface area (Å²) in [7, 11) is 3.15. The van der Waals surface area contributed by atoms with Gasteiger partial charge in [0.15, 0.2) is 0 Å². The number of amides is 1. The SMILES string of the molecule is COc1ccc(OC)c(C=NNC(=O)c2cccc(Br)c2)c1. The molecule has 114 valence electrons. The molecule has 0 fully saturated rings. The van der Waals surface area contributed by atoms with Crippen LogP contribution in [-0.2, 0) is 0 Å². The molecule has 6 heteroatoms. The van der Waals surface area contributed by atoms with Crippen LogP contribution < -0.4 is 14.9 Å². The van der Waals surface area contributed by atoms with Crippen molar-refractivity contribution in [2.75, 3.05) is 14.2 Å². The van der Waals surface area contributed by atoms with Crippen molar-refractivity contribution < 1.29 is 14.3 Å². The zero-order valence-electron chi connectivity index (χ0n) is 12.2. The molecule has 0 aliphatic carbocycles. The van der Waals surface area contributed by atoms with E-state index in [1.807, 2.05) is 6.07 Å². The lowest BCUT2D eigenvalue weighted by Gasteiger charge is -2.06. The Balaban J connectivity index is 2.10. The zero-order valence-corrected chi connectivity index (χ0v) is 13.8. The van der Waals surface area contributed by atoms with Gasteiger partial charge in [0.1, 0.15) is 11.5 Å². The molecule has 0 saturated carbocycles. The van der Waals surface area contributed by atoms with Crippen LogP contribution in [0.5, 0.6) is 11.5 Å². The lowest BCUT2D eigenvalue weighted by molar-refractivity contribution is 0.0955. The number of nitrogens with one attached hydrogen (secondary N) is 1. The Morgan fingerprint density at radius 2 is 2.00 bits per heavy atom. The van der Waals surface area contributed by atoms with Gasteiger partial charge in [0, 0.05) is 15.6 Å². The van der Waals surface area contributed by atoms with Crippen molar-refractivity contribution in [1.82, 2.24) is 5.43 Å². The van der Waals surface area contributed by atoms with E-state index in [-0.39, 0.29) is 5.91 Å². The summed E-state index contributed by atoms with van der Waals surface area (Å²) in [6.07, 6.45) is 1.51. The van der Waals surface area contributed by atoms with Crippen LogP contribution in [-0.4, -0.2) is 26.3 Å². The summed E-state index contributed by atoms with van der Waals surface area (Å²) in [6.45, 7) is 0. The Bertz CT molecular complexity index is 702. The van der Waals surface area contributed by atoms with Crippen LogP contribution in [0.15, 0.2) is 52.0 Å². The summed E-state index contributed by atoms with van der Waals surface area (Å²) >= 11 is 3.32. The Morgan fingerprint density at radius 1 is 1.18 bits per heavy atom. The van der Waals surface area contributed by atoms with Gasteiger partial charge in [-0.15, -0.1) is 0 Å². The van der Waals surface area contributed by atoms with E-state index >= 15 is 0 Å². The highest BCUT2D eigenvalue weighted by Gasteiger charge is 2.05. The smallest absolute Gasteiger partial charge is 0.271 e. The van der Waals surface area contributed by atoms with E-state index < -0.39 is 0 Å². The van der Waals surface area contributed by atoms with E-state index in [9.17, 15) is 4.79 Å². The lowest BCUT2D eigenvalue weighted by atomic mass is 10.2. The summed E-state index contributed by atoms with van der Waals surface area (Å²) in [5.41, 5.74) is 3.70. The van der Waals surface area contributed by atoms with Crippen LogP contribution in [0.4, 0.5) is 0 Å². The Labute approximate surface area is 137 Å².